The molecule has 0 aromatic heterocycles. The molecule has 0 radical (unpaired) electrons. The number of rotatable bonds is 5. The van der Waals surface area contributed by atoms with E-state index in [1.54, 1.807) is 31.4 Å². The van der Waals surface area contributed by atoms with E-state index in [-0.39, 0.29) is 10.6 Å². The fourth-order valence-corrected chi connectivity index (χ4v) is 2.20. The van der Waals surface area contributed by atoms with E-state index in [1.165, 1.54) is 18.2 Å². The first-order chi connectivity index (χ1) is 10.0. The number of anilines is 1. The summed E-state index contributed by atoms with van der Waals surface area (Å²) in [6.45, 7) is 0. The second kappa shape index (κ2) is 6.45. The topological polar surface area (TPSA) is 64.3 Å². The van der Waals surface area contributed by atoms with Gasteiger partial charge in [0, 0.05) is 16.3 Å². The molecular weight excluding hydrogens is 295 g/mol. The fourth-order valence-electron chi connectivity index (χ4n) is 1.93. The molecule has 0 heterocycles. The van der Waals surface area contributed by atoms with Gasteiger partial charge in [-0.2, -0.15) is 0 Å². The summed E-state index contributed by atoms with van der Waals surface area (Å²) in [6, 6.07) is 9.96. The highest BCUT2D eigenvalue weighted by molar-refractivity contribution is 6.31. The van der Waals surface area contributed by atoms with Gasteiger partial charge in [0.15, 0.2) is 0 Å². The summed E-state index contributed by atoms with van der Waals surface area (Å²) in [6.07, 6.45) is 0. The highest BCUT2D eigenvalue weighted by Crippen LogP contribution is 2.29. The molecule has 110 valence electrons. The highest BCUT2D eigenvalue weighted by Gasteiger charge is 2.24. The number of halogens is 2. The molecule has 1 amide bonds. The van der Waals surface area contributed by atoms with Crippen molar-refractivity contribution in [2.45, 2.75) is 6.04 Å². The van der Waals surface area contributed by atoms with Gasteiger partial charge in [-0.05, 0) is 36.4 Å². The first kappa shape index (κ1) is 15.1. The standard InChI is InChI=1S/C15H14ClFN2O2/c1-21-10-7-5-9(6-8-10)19-14(15(18)20)13-11(16)3-2-4-12(13)17/h2-8,14,19H,1H3,(H2,18,20). The summed E-state index contributed by atoms with van der Waals surface area (Å²) in [7, 11) is 1.55. The van der Waals surface area contributed by atoms with E-state index < -0.39 is 17.8 Å². The third kappa shape index (κ3) is 3.44. The average Bonchev–Trinajstić information content (AvgIpc) is 2.46. The zero-order valence-electron chi connectivity index (χ0n) is 11.3. The van der Waals surface area contributed by atoms with Crippen LogP contribution in [0.3, 0.4) is 0 Å². The van der Waals surface area contributed by atoms with Crippen LogP contribution < -0.4 is 15.8 Å². The average molecular weight is 309 g/mol. The first-order valence-electron chi connectivity index (χ1n) is 6.16. The van der Waals surface area contributed by atoms with Crippen LogP contribution in [0.15, 0.2) is 42.5 Å². The van der Waals surface area contributed by atoms with Gasteiger partial charge in [0.05, 0.1) is 7.11 Å². The monoisotopic (exact) mass is 308 g/mol. The molecule has 0 bridgehead atoms. The zero-order chi connectivity index (χ0) is 15.4. The van der Waals surface area contributed by atoms with Gasteiger partial charge in [-0.3, -0.25) is 4.79 Å². The lowest BCUT2D eigenvalue weighted by atomic mass is 10.0. The predicted octanol–water partition coefficient (Wildman–Crippen LogP) is 3.13. The van der Waals surface area contributed by atoms with Crippen molar-refractivity contribution in [3.63, 3.8) is 0 Å². The second-order valence-electron chi connectivity index (χ2n) is 4.34. The first-order valence-corrected chi connectivity index (χ1v) is 6.54. The number of nitrogens with two attached hydrogens (primary N) is 1. The third-order valence-electron chi connectivity index (χ3n) is 2.97. The largest absolute Gasteiger partial charge is 0.497 e. The minimum Gasteiger partial charge on any atom is -0.497 e. The van der Waals surface area contributed by atoms with Gasteiger partial charge in [-0.25, -0.2) is 4.39 Å². The predicted molar refractivity (Wildman–Crippen MR) is 80.0 cm³/mol. The van der Waals surface area contributed by atoms with Gasteiger partial charge in [0.1, 0.15) is 17.6 Å². The van der Waals surface area contributed by atoms with E-state index in [9.17, 15) is 9.18 Å². The minimum atomic E-state index is -1.06. The number of ether oxygens (including phenoxy) is 1. The van der Waals surface area contributed by atoms with Crippen LogP contribution in [0, 0.1) is 5.82 Å². The van der Waals surface area contributed by atoms with E-state index in [0.29, 0.717) is 11.4 Å². The van der Waals surface area contributed by atoms with Crippen molar-refractivity contribution in [2.75, 3.05) is 12.4 Å². The van der Waals surface area contributed by atoms with Crippen LogP contribution in [-0.4, -0.2) is 13.0 Å². The highest BCUT2D eigenvalue weighted by atomic mass is 35.5. The second-order valence-corrected chi connectivity index (χ2v) is 4.75. The van der Waals surface area contributed by atoms with Crippen molar-refractivity contribution in [1.82, 2.24) is 0 Å². The van der Waals surface area contributed by atoms with Crippen molar-refractivity contribution in [1.29, 1.82) is 0 Å². The number of benzene rings is 2. The lowest BCUT2D eigenvalue weighted by Gasteiger charge is -2.19. The molecule has 2 aromatic carbocycles. The number of nitrogens with one attached hydrogen (secondary N) is 1. The minimum absolute atomic E-state index is 0.0301. The van der Waals surface area contributed by atoms with Crippen molar-refractivity contribution in [3.8, 4) is 5.75 Å². The number of hydrogen-bond donors (Lipinski definition) is 2. The van der Waals surface area contributed by atoms with Crippen LogP contribution in [0.2, 0.25) is 5.02 Å². The maximum Gasteiger partial charge on any atom is 0.244 e. The van der Waals surface area contributed by atoms with Crippen molar-refractivity contribution in [2.24, 2.45) is 5.73 Å². The molecule has 21 heavy (non-hydrogen) atoms. The Kier molecular flexibility index (Phi) is 4.65. The molecule has 0 saturated carbocycles. The maximum absolute atomic E-state index is 13.9. The molecule has 1 unspecified atom stereocenters. The van der Waals surface area contributed by atoms with Gasteiger partial charge < -0.3 is 15.8 Å². The molecule has 0 aliphatic rings. The molecule has 0 fully saturated rings. The number of carbonyl (C=O) groups excluding carboxylic acids is 1. The van der Waals surface area contributed by atoms with Gasteiger partial charge in [-0.1, -0.05) is 17.7 Å². The normalized spacial score (nSPS) is 11.8. The van der Waals surface area contributed by atoms with E-state index in [2.05, 4.69) is 5.32 Å². The van der Waals surface area contributed by atoms with Gasteiger partial charge in [0.2, 0.25) is 5.91 Å². The fraction of sp³-hybridized carbons (Fsp3) is 0.133. The molecule has 1 atom stereocenters. The SMILES string of the molecule is COc1ccc(NC(C(N)=O)c2c(F)cccc2Cl)cc1. The van der Waals surface area contributed by atoms with Crippen LogP contribution in [0.1, 0.15) is 11.6 Å². The van der Waals surface area contributed by atoms with Crippen LogP contribution in [0.5, 0.6) is 5.75 Å². The molecule has 0 aliphatic heterocycles. The van der Waals surface area contributed by atoms with Crippen LogP contribution in [0.25, 0.3) is 0 Å². The molecule has 3 N–H and O–H groups in total. The van der Waals surface area contributed by atoms with Crippen molar-refractivity contribution in [3.05, 3.63) is 58.9 Å². The smallest absolute Gasteiger partial charge is 0.244 e. The number of methoxy groups -OCH3 is 1. The number of hydrogen-bond acceptors (Lipinski definition) is 3. The van der Waals surface area contributed by atoms with E-state index in [0.717, 1.165) is 0 Å². The summed E-state index contributed by atoms with van der Waals surface area (Å²) < 4.78 is 19.0. The Morgan fingerprint density at radius 2 is 1.95 bits per heavy atom. The zero-order valence-corrected chi connectivity index (χ0v) is 12.0. The Labute approximate surface area is 126 Å². The van der Waals surface area contributed by atoms with Gasteiger partial charge >= 0.3 is 0 Å². The Bertz CT molecular complexity index is 626. The summed E-state index contributed by atoms with van der Waals surface area (Å²) in [5, 5.41) is 3.01. The molecule has 0 spiro atoms. The summed E-state index contributed by atoms with van der Waals surface area (Å²) >= 11 is 5.97. The van der Waals surface area contributed by atoms with Crippen molar-refractivity contribution >= 4 is 23.2 Å². The maximum atomic E-state index is 13.9. The quantitative estimate of drug-likeness (QED) is 0.892. The summed E-state index contributed by atoms with van der Waals surface area (Å²) in [5.74, 6) is -0.648. The van der Waals surface area contributed by atoms with E-state index >= 15 is 0 Å². The summed E-state index contributed by atoms with van der Waals surface area (Å²) in [4.78, 5) is 11.6. The Balaban J connectivity index is 2.33. The lowest BCUT2D eigenvalue weighted by molar-refractivity contribution is -0.118. The van der Waals surface area contributed by atoms with Crippen molar-refractivity contribution < 1.29 is 13.9 Å². The van der Waals surface area contributed by atoms with Gasteiger partial charge in [-0.15, -0.1) is 0 Å². The molecule has 2 aromatic rings. The Morgan fingerprint density at radius 3 is 2.48 bits per heavy atom. The lowest BCUT2D eigenvalue weighted by Crippen LogP contribution is -2.28. The number of carbonyl (C=O) groups is 1. The van der Waals surface area contributed by atoms with E-state index in [4.69, 9.17) is 22.1 Å². The molecule has 0 saturated heterocycles. The number of amides is 1. The molecular formula is C15H14ClFN2O2. The van der Waals surface area contributed by atoms with Gasteiger partial charge in [0.25, 0.3) is 0 Å². The Hall–Kier alpha value is -2.27. The summed E-state index contributed by atoms with van der Waals surface area (Å²) in [5.41, 5.74) is 5.99. The van der Waals surface area contributed by atoms with Crippen LogP contribution in [0.4, 0.5) is 10.1 Å². The molecule has 6 heteroatoms. The Morgan fingerprint density at radius 1 is 1.29 bits per heavy atom. The molecule has 0 aliphatic carbocycles. The van der Waals surface area contributed by atoms with E-state index in [1.807, 2.05) is 0 Å². The van der Waals surface area contributed by atoms with Crippen LogP contribution in [-0.2, 0) is 4.79 Å². The number of primary amides is 1. The van der Waals surface area contributed by atoms with Crippen LogP contribution >= 0.6 is 11.6 Å². The third-order valence-corrected chi connectivity index (χ3v) is 3.30. The molecule has 2 rings (SSSR count). The molecule has 4 nitrogen and oxygen atoms in total.